The molecule has 1 aromatic carbocycles. The normalized spacial score (nSPS) is 16.8. The number of hydrogen-bond donors (Lipinski definition) is 2. The van der Waals surface area contributed by atoms with E-state index in [-0.39, 0.29) is 0 Å². The van der Waals surface area contributed by atoms with Crippen LogP contribution in [0.2, 0.25) is 0 Å². The molecule has 1 heterocycles. The van der Waals surface area contributed by atoms with Gasteiger partial charge in [-0.05, 0) is 44.5 Å². The standard InChI is InChI=1S/C14H22N2O/c1-2-11-17-14-6-4-3-5-13(14)16-12-7-9-15-10-8-12/h3-6,12,15-16H,2,7-11H2,1H3. The maximum Gasteiger partial charge on any atom is 0.142 e. The van der Waals surface area contributed by atoms with Gasteiger partial charge in [-0.15, -0.1) is 0 Å². The van der Waals surface area contributed by atoms with Gasteiger partial charge >= 0.3 is 0 Å². The third-order valence-electron chi connectivity index (χ3n) is 3.05. The summed E-state index contributed by atoms with van der Waals surface area (Å²) in [4.78, 5) is 0. The summed E-state index contributed by atoms with van der Waals surface area (Å²) in [5, 5.41) is 6.97. The number of rotatable bonds is 5. The third kappa shape index (κ3) is 3.63. The molecule has 1 aromatic rings. The van der Waals surface area contributed by atoms with Gasteiger partial charge in [-0.2, -0.15) is 0 Å². The van der Waals surface area contributed by atoms with Gasteiger partial charge in [0, 0.05) is 6.04 Å². The summed E-state index contributed by atoms with van der Waals surface area (Å²) in [6, 6.07) is 8.80. The van der Waals surface area contributed by atoms with E-state index < -0.39 is 0 Å². The minimum Gasteiger partial charge on any atom is -0.491 e. The minimum absolute atomic E-state index is 0.572. The first kappa shape index (κ1) is 12.2. The molecule has 3 nitrogen and oxygen atoms in total. The van der Waals surface area contributed by atoms with Crippen molar-refractivity contribution in [3.63, 3.8) is 0 Å². The van der Waals surface area contributed by atoms with Crippen LogP contribution in [0.5, 0.6) is 5.75 Å². The van der Waals surface area contributed by atoms with E-state index in [2.05, 4.69) is 29.7 Å². The highest BCUT2D eigenvalue weighted by Crippen LogP contribution is 2.25. The van der Waals surface area contributed by atoms with Crippen molar-refractivity contribution in [2.75, 3.05) is 25.0 Å². The molecular weight excluding hydrogens is 212 g/mol. The van der Waals surface area contributed by atoms with Crippen LogP contribution in [0.15, 0.2) is 24.3 Å². The van der Waals surface area contributed by atoms with Crippen LogP contribution in [-0.4, -0.2) is 25.7 Å². The van der Waals surface area contributed by atoms with Crippen LogP contribution in [0.1, 0.15) is 26.2 Å². The summed E-state index contributed by atoms with van der Waals surface area (Å²) in [6.45, 7) is 5.12. The van der Waals surface area contributed by atoms with Gasteiger partial charge in [-0.3, -0.25) is 0 Å². The third-order valence-corrected chi connectivity index (χ3v) is 3.05. The van der Waals surface area contributed by atoms with E-state index in [1.807, 2.05) is 12.1 Å². The number of hydrogen-bond acceptors (Lipinski definition) is 3. The van der Waals surface area contributed by atoms with E-state index in [0.717, 1.165) is 37.6 Å². The zero-order chi connectivity index (χ0) is 11.9. The molecule has 2 N–H and O–H groups in total. The van der Waals surface area contributed by atoms with Gasteiger partial charge in [-0.25, -0.2) is 0 Å². The topological polar surface area (TPSA) is 33.3 Å². The Kier molecular flexibility index (Phi) is 4.68. The van der Waals surface area contributed by atoms with Gasteiger partial charge < -0.3 is 15.4 Å². The molecule has 0 spiro atoms. The maximum absolute atomic E-state index is 5.75. The Morgan fingerprint density at radius 1 is 1.29 bits per heavy atom. The molecule has 17 heavy (non-hydrogen) atoms. The fourth-order valence-electron chi connectivity index (χ4n) is 2.11. The average molecular weight is 234 g/mol. The van der Waals surface area contributed by atoms with E-state index in [1.165, 1.54) is 12.8 Å². The molecule has 0 unspecified atom stereocenters. The summed E-state index contributed by atoms with van der Waals surface area (Å²) in [5.41, 5.74) is 1.13. The molecule has 0 aromatic heterocycles. The molecule has 3 heteroatoms. The highest BCUT2D eigenvalue weighted by Gasteiger charge is 2.14. The molecule has 1 aliphatic heterocycles. The van der Waals surface area contributed by atoms with Gasteiger partial charge in [0.05, 0.1) is 12.3 Å². The lowest BCUT2D eigenvalue weighted by atomic mass is 10.1. The lowest BCUT2D eigenvalue weighted by molar-refractivity contribution is 0.318. The molecule has 94 valence electrons. The lowest BCUT2D eigenvalue weighted by Crippen LogP contribution is -2.35. The highest BCUT2D eigenvalue weighted by molar-refractivity contribution is 5.56. The minimum atomic E-state index is 0.572. The Bertz CT molecular complexity index is 335. The Hall–Kier alpha value is -1.22. The Balaban J connectivity index is 1.98. The molecule has 0 atom stereocenters. The Morgan fingerprint density at radius 2 is 2.06 bits per heavy atom. The molecule has 1 fully saturated rings. The summed E-state index contributed by atoms with van der Waals surface area (Å²) in [5.74, 6) is 0.980. The fourth-order valence-corrected chi connectivity index (χ4v) is 2.11. The molecule has 0 saturated carbocycles. The largest absolute Gasteiger partial charge is 0.491 e. The maximum atomic E-state index is 5.75. The lowest BCUT2D eigenvalue weighted by Gasteiger charge is -2.25. The van der Waals surface area contributed by atoms with E-state index in [0.29, 0.717) is 6.04 Å². The van der Waals surface area contributed by atoms with Crippen molar-refractivity contribution in [2.24, 2.45) is 0 Å². The van der Waals surface area contributed by atoms with Crippen LogP contribution in [0.4, 0.5) is 5.69 Å². The van der Waals surface area contributed by atoms with E-state index in [1.54, 1.807) is 0 Å². The summed E-state index contributed by atoms with van der Waals surface area (Å²) in [7, 11) is 0. The number of nitrogens with one attached hydrogen (secondary N) is 2. The van der Waals surface area contributed by atoms with Crippen LogP contribution in [0.3, 0.4) is 0 Å². The average Bonchev–Trinajstić information content (AvgIpc) is 2.39. The molecule has 1 aliphatic rings. The van der Waals surface area contributed by atoms with Crippen molar-refractivity contribution in [3.05, 3.63) is 24.3 Å². The summed E-state index contributed by atoms with van der Waals surface area (Å²) in [6.07, 6.45) is 3.41. The van der Waals surface area contributed by atoms with Crippen LogP contribution in [0, 0.1) is 0 Å². The van der Waals surface area contributed by atoms with E-state index >= 15 is 0 Å². The molecule has 2 rings (SSSR count). The van der Waals surface area contributed by atoms with Crippen LogP contribution in [0.25, 0.3) is 0 Å². The molecule has 1 saturated heterocycles. The van der Waals surface area contributed by atoms with Crippen LogP contribution >= 0.6 is 0 Å². The van der Waals surface area contributed by atoms with Gasteiger partial charge in [0.1, 0.15) is 5.75 Å². The van der Waals surface area contributed by atoms with E-state index in [4.69, 9.17) is 4.74 Å². The first-order chi connectivity index (χ1) is 8.40. The predicted molar refractivity (Wildman–Crippen MR) is 71.7 cm³/mol. The number of para-hydroxylation sites is 2. The first-order valence-corrected chi connectivity index (χ1v) is 6.59. The number of anilines is 1. The fraction of sp³-hybridized carbons (Fsp3) is 0.571. The highest BCUT2D eigenvalue weighted by atomic mass is 16.5. The van der Waals surface area contributed by atoms with Crippen molar-refractivity contribution in [1.82, 2.24) is 5.32 Å². The second-order valence-corrected chi connectivity index (χ2v) is 4.51. The van der Waals surface area contributed by atoms with Gasteiger partial charge in [0.2, 0.25) is 0 Å². The predicted octanol–water partition coefficient (Wildman–Crippen LogP) is 2.64. The number of ether oxygens (including phenoxy) is 1. The van der Waals surface area contributed by atoms with Crippen molar-refractivity contribution in [1.29, 1.82) is 0 Å². The monoisotopic (exact) mass is 234 g/mol. The van der Waals surface area contributed by atoms with Crippen molar-refractivity contribution < 1.29 is 4.74 Å². The smallest absolute Gasteiger partial charge is 0.142 e. The Labute approximate surface area is 104 Å². The summed E-state index contributed by atoms with van der Waals surface area (Å²) < 4.78 is 5.75. The number of benzene rings is 1. The van der Waals surface area contributed by atoms with Crippen molar-refractivity contribution in [2.45, 2.75) is 32.2 Å². The second-order valence-electron chi connectivity index (χ2n) is 4.51. The number of piperidine rings is 1. The van der Waals surface area contributed by atoms with Gasteiger partial charge in [0.25, 0.3) is 0 Å². The molecule has 0 aliphatic carbocycles. The van der Waals surface area contributed by atoms with Crippen molar-refractivity contribution in [3.8, 4) is 5.75 Å². The molecule has 0 bridgehead atoms. The van der Waals surface area contributed by atoms with Gasteiger partial charge in [0.15, 0.2) is 0 Å². The first-order valence-electron chi connectivity index (χ1n) is 6.59. The molecule has 0 radical (unpaired) electrons. The second kappa shape index (κ2) is 6.50. The van der Waals surface area contributed by atoms with Gasteiger partial charge in [-0.1, -0.05) is 19.1 Å². The Morgan fingerprint density at radius 3 is 2.82 bits per heavy atom. The SMILES string of the molecule is CCCOc1ccccc1NC1CCNCC1. The zero-order valence-corrected chi connectivity index (χ0v) is 10.5. The quantitative estimate of drug-likeness (QED) is 0.821. The van der Waals surface area contributed by atoms with Crippen molar-refractivity contribution >= 4 is 5.69 Å². The summed E-state index contributed by atoms with van der Waals surface area (Å²) >= 11 is 0. The van der Waals surface area contributed by atoms with E-state index in [9.17, 15) is 0 Å². The van der Waals surface area contributed by atoms with Crippen LogP contribution < -0.4 is 15.4 Å². The molecule has 0 amide bonds. The van der Waals surface area contributed by atoms with Crippen LogP contribution in [-0.2, 0) is 0 Å². The molecular formula is C14H22N2O. The zero-order valence-electron chi connectivity index (χ0n) is 10.5.